The zero-order chi connectivity index (χ0) is 21.3. The molecule has 0 aliphatic rings. The minimum absolute atomic E-state index is 0.0241. The van der Waals surface area contributed by atoms with Crippen molar-refractivity contribution in [2.75, 3.05) is 6.61 Å². The summed E-state index contributed by atoms with van der Waals surface area (Å²) in [7, 11) is 0. The van der Waals surface area contributed by atoms with Gasteiger partial charge in [-0.2, -0.15) is 4.98 Å². The Hall–Kier alpha value is -3.32. The fourth-order valence-electron chi connectivity index (χ4n) is 3.03. The topological polar surface area (TPSA) is 90.2 Å². The highest BCUT2D eigenvalue weighted by Gasteiger charge is 2.15. The van der Waals surface area contributed by atoms with Crippen LogP contribution in [0.1, 0.15) is 31.3 Å². The first kappa shape index (κ1) is 20.0. The third-order valence-corrected chi connectivity index (χ3v) is 4.64. The monoisotopic (exact) mass is 425 g/mol. The molecule has 0 aliphatic heterocycles. The number of ether oxygens (including phenoxy) is 2. The molecule has 2 aromatic carbocycles. The number of hydrogen-bond donors (Lipinski definition) is 1. The van der Waals surface area contributed by atoms with E-state index in [1.54, 1.807) is 25.1 Å². The Kier molecular flexibility index (Phi) is 5.46. The van der Waals surface area contributed by atoms with Gasteiger partial charge >= 0.3 is 5.97 Å². The molecule has 1 N–H and O–H groups in total. The molecule has 0 bridgehead atoms. The molecule has 0 unspecified atom stereocenters. The molecular weight excluding hydrogens is 406 g/mol. The van der Waals surface area contributed by atoms with E-state index < -0.39 is 0 Å². The summed E-state index contributed by atoms with van der Waals surface area (Å²) in [6, 6.07) is 12.7. The van der Waals surface area contributed by atoms with E-state index in [-0.39, 0.29) is 12.1 Å². The number of rotatable bonds is 6. The van der Waals surface area contributed by atoms with Crippen molar-refractivity contribution in [3.63, 3.8) is 0 Å². The van der Waals surface area contributed by atoms with Crippen LogP contribution in [0.2, 0.25) is 5.02 Å². The predicted molar refractivity (Wildman–Crippen MR) is 114 cm³/mol. The van der Waals surface area contributed by atoms with E-state index in [0.29, 0.717) is 40.4 Å². The maximum absolute atomic E-state index is 11.9. The maximum Gasteiger partial charge on any atom is 0.354 e. The Morgan fingerprint density at radius 3 is 2.70 bits per heavy atom. The Balaban J connectivity index is 1.61. The molecule has 4 aromatic rings. The van der Waals surface area contributed by atoms with Crippen LogP contribution in [-0.2, 0) is 4.74 Å². The molecule has 0 atom stereocenters. The number of benzene rings is 2. The minimum atomic E-state index is -0.390. The molecule has 0 saturated carbocycles. The highest BCUT2D eigenvalue weighted by Crippen LogP contribution is 2.31. The number of nitrogens with zero attached hydrogens (tertiary/aromatic N) is 2. The van der Waals surface area contributed by atoms with Crippen LogP contribution >= 0.6 is 11.6 Å². The Labute approximate surface area is 178 Å². The standard InChI is InChI=1S/C22H20ClN3O4/c1-4-28-22(27)18-11-15-9-13(5-7-17(15)24-18)20-25-21(30-26-20)14-6-8-19(16(23)10-14)29-12(2)3/h5-12,24H,4H2,1-3H3. The number of aromatic amines is 1. The fraction of sp³-hybridized carbons (Fsp3) is 0.227. The highest BCUT2D eigenvalue weighted by molar-refractivity contribution is 6.32. The van der Waals surface area contributed by atoms with E-state index in [1.807, 2.05) is 38.1 Å². The molecule has 0 saturated heterocycles. The molecule has 0 spiro atoms. The van der Waals surface area contributed by atoms with Gasteiger partial charge in [-0.1, -0.05) is 16.8 Å². The molecule has 0 radical (unpaired) electrons. The first-order chi connectivity index (χ1) is 14.4. The molecule has 0 amide bonds. The molecule has 0 aliphatic carbocycles. The van der Waals surface area contributed by atoms with Gasteiger partial charge in [0.15, 0.2) is 0 Å². The van der Waals surface area contributed by atoms with Crippen LogP contribution < -0.4 is 4.74 Å². The number of hydrogen-bond acceptors (Lipinski definition) is 6. The number of fused-ring (bicyclic) bond motifs is 1. The van der Waals surface area contributed by atoms with Crippen LogP contribution in [0.3, 0.4) is 0 Å². The van der Waals surface area contributed by atoms with Crippen molar-refractivity contribution in [2.45, 2.75) is 26.9 Å². The summed E-state index contributed by atoms with van der Waals surface area (Å²) >= 11 is 6.31. The SMILES string of the molecule is CCOC(=O)c1cc2cc(-c3noc(-c4ccc(OC(C)C)c(Cl)c4)n3)ccc2[nH]1. The number of esters is 1. The van der Waals surface area contributed by atoms with Gasteiger partial charge < -0.3 is 19.0 Å². The van der Waals surface area contributed by atoms with Crippen molar-refractivity contribution in [3.05, 3.63) is 53.2 Å². The van der Waals surface area contributed by atoms with Gasteiger partial charge in [0.1, 0.15) is 11.4 Å². The van der Waals surface area contributed by atoms with Gasteiger partial charge in [-0.25, -0.2) is 4.79 Å². The van der Waals surface area contributed by atoms with Crippen LogP contribution in [0.4, 0.5) is 0 Å². The summed E-state index contributed by atoms with van der Waals surface area (Å²) in [6.07, 6.45) is 0.0241. The molecule has 4 rings (SSSR count). The van der Waals surface area contributed by atoms with Crippen molar-refractivity contribution >= 4 is 28.5 Å². The number of aromatic nitrogens is 3. The third-order valence-electron chi connectivity index (χ3n) is 4.34. The average Bonchev–Trinajstić information content (AvgIpc) is 3.36. The molecular formula is C22H20ClN3O4. The van der Waals surface area contributed by atoms with Crippen LogP contribution in [0.15, 0.2) is 47.0 Å². The van der Waals surface area contributed by atoms with Crippen molar-refractivity contribution in [3.8, 4) is 28.6 Å². The zero-order valence-corrected chi connectivity index (χ0v) is 17.5. The lowest BCUT2D eigenvalue weighted by Gasteiger charge is -2.11. The molecule has 7 nitrogen and oxygen atoms in total. The van der Waals surface area contributed by atoms with Crippen LogP contribution in [0.5, 0.6) is 5.75 Å². The average molecular weight is 426 g/mol. The minimum Gasteiger partial charge on any atom is -0.489 e. The normalized spacial score (nSPS) is 11.2. The van der Waals surface area contributed by atoms with Crippen molar-refractivity contribution in [1.29, 1.82) is 0 Å². The second kappa shape index (κ2) is 8.20. The lowest BCUT2D eigenvalue weighted by atomic mass is 10.1. The lowest BCUT2D eigenvalue weighted by Crippen LogP contribution is -2.05. The molecule has 30 heavy (non-hydrogen) atoms. The molecule has 8 heteroatoms. The molecule has 154 valence electrons. The van der Waals surface area contributed by atoms with E-state index in [2.05, 4.69) is 15.1 Å². The maximum atomic E-state index is 11.9. The Morgan fingerprint density at radius 2 is 1.97 bits per heavy atom. The first-order valence-electron chi connectivity index (χ1n) is 9.55. The van der Waals surface area contributed by atoms with Gasteiger partial charge in [-0.3, -0.25) is 0 Å². The van der Waals surface area contributed by atoms with Gasteiger partial charge in [0.2, 0.25) is 5.82 Å². The fourth-order valence-corrected chi connectivity index (χ4v) is 3.26. The third kappa shape index (κ3) is 4.02. The zero-order valence-electron chi connectivity index (χ0n) is 16.7. The van der Waals surface area contributed by atoms with E-state index >= 15 is 0 Å². The summed E-state index contributed by atoms with van der Waals surface area (Å²) in [4.78, 5) is 19.5. The second-order valence-corrected chi connectivity index (χ2v) is 7.35. The summed E-state index contributed by atoms with van der Waals surface area (Å²) < 4.78 is 16.1. The van der Waals surface area contributed by atoms with E-state index in [4.69, 9.17) is 25.6 Å². The van der Waals surface area contributed by atoms with Gasteiger partial charge in [0.25, 0.3) is 5.89 Å². The van der Waals surface area contributed by atoms with Crippen molar-refractivity contribution < 1.29 is 18.8 Å². The number of nitrogens with one attached hydrogen (secondary N) is 1. The summed E-state index contributed by atoms with van der Waals surface area (Å²) in [5, 5.41) is 5.40. The number of H-pyrrole nitrogens is 1. The quantitative estimate of drug-likeness (QED) is 0.410. The summed E-state index contributed by atoms with van der Waals surface area (Å²) in [5.41, 5.74) is 2.68. The number of carbonyl (C=O) groups is 1. The Morgan fingerprint density at radius 1 is 1.17 bits per heavy atom. The van der Waals surface area contributed by atoms with Crippen molar-refractivity contribution in [2.24, 2.45) is 0 Å². The van der Waals surface area contributed by atoms with Crippen LogP contribution in [0, 0.1) is 0 Å². The van der Waals surface area contributed by atoms with Gasteiger partial charge in [0.05, 0.1) is 17.7 Å². The predicted octanol–water partition coefficient (Wildman–Crippen LogP) is 5.50. The smallest absolute Gasteiger partial charge is 0.354 e. The van der Waals surface area contributed by atoms with E-state index in [9.17, 15) is 4.79 Å². The first-order valence-corrected chi connectivity index (χ1v) is 9.93. The van der Waals surface area contributed by atoms with E-state index in [0.717, 1.165) is 16.5 Å². The lowest BCUT2D eigenvalue weighted by molar-refractivity contribution is 0.0520. The van der Waals surface area contributed by atoms with Gasteiger partial charge in [0, 0.05) is 22.0 Å². The van der Waals surface area contributed by atoms with Crippen LogP contribution in [-0.4, -0.2) is 33.8 Å². The highest BCUT2D eigenvalue weighted by atomic mass is 35.5. The van der Waals surface area contributed by atoms with E-state index in [1.165, 1.54) is 0 Å². The molecule has 0 fully saturated rings. The Bertz CT molecular complexity index is 1210. The summed E-state index contributed by atoms with van der Waals surface area (Å²) in [6.45, 7) is 5.96. The van der Waals surface area contributed by atoms with Gasteiger partial charge in [-0.15, -0.1) is 0 Å². The number of halogens is 1. The van der Waals surface area contributed by atoms with Gasteiger partial charge in [-0.05, 0) is 63.2 Å². The molecule has 2 aromatic heterocycles. The molecule has 2 heterocycles. The number of carbonyl (C=O) groups excluding carboxylic acids is 1. The van der Waals surface area contributed by atoms with Crippen LogP contribution in [0.25, 0.3) is 33.7 Å². The second-order valence-electron chi connectivity index (χ2n) is 6.94. The summed E-state index contributed by atoms with van der Waals surface area (Å²) in [5.74, 6) is 0.998. The largest absolute Gasteiger partial charge is 0.489 e. The van der Waals surface area contributed by atoms with Crippen molar-refractivity contribution in [1.82, 2.24) is 15.1 Å².